The van der Waals surface area contributed by atoms with Gasteiger partial charge in [0.25, 0.3) is 10.0 Å². The molecule has 12 aromatic rings. The zero-order valence-electron chi connectivity index (χ0n) is 48.6. The predicted molar refractivity (Wildman–Crippen MR) is 346 cm³/mol. The summed E-state index contributed by atoms with van der Waals surface area (Å²) in [6.45, 7) is 12.0. The highest BCUT2D eigenvalue weighted by Crippen LogP contribution is 2.25. The fourth-order valence-electron chi connectivity index (χ4n) is 8.41. The van der Waals surface area contributed by atoms with Crippen LogP contribution in [0.2, 0.25) is 5.02 Å². The van der Waals surface area contributed by atoms with Crippen molar-refractivity contribution in [2.24, 2.45) is 0 Å². The number of halogens is 1. The van der Waals surface area contributed by atoms with Gasteiger partial charge in [0.05, 0.1) is 11.0 Å². The number of benzene rings is 8. The van der Waals surface area contributed by atoms with Crippen molar-refractivity contribution >= 4 is 121 Å². The lowest BCUT2D eigenvalue weighted by Gasteiger charge is -2.07. The van der Waals surface area contributed by atoms with Crippen LogP contribution in [0.3, 0.4) is 0 Å². The number of oxazole rings is 4. The second kappa shape index (κ2) is 28.3. The maximum Gasteiger partial charge on any atom is 0.429 e. The second-order valence-corrected chi connectivity index (χ2v) is 21.0. The van der Waals surface area contributed by atoms with Gasteiger partial charge in [0.2, 0.25) is 0 Å². The third kappa shape index (κ3) is 15.6. The fourth-order valence-corrected chi connectivity index (χ4v) is 9.10. The van der Waals surface area contributed by atoms with Gasteiger partial charge in [-0.25, -0.2) is 37.9 Å². The molecule has 0 radical (unpaired) electrons. The standard InChI is InChI=1S/C17H13NO5.2C17H13NO4S.C15H10ClNO4.CH4/c1-10-3-6-13(7-4-10)22-16(20)18-14-8-5-12(11(2)19)9-15(14)23-17(18)21;1-10-3-6-13(7-4-10)21-17(23)18-14-8-5-12(11(2)19)9-15(14)22-16(18)20;1-10-3-6-13(7-4-10)21-16(20)18-14-8-5-12(11(2)19)9-15(14)22-17(18)23;1-9-2-5-11(6-3-9)20-14(18)17-12-8-10(16)4-7-13(12)21-15(17)19;/h3*3-9H,1-2H3;2-8H,1H3;1H4. The van der Waals surface area contributed by atoms with Crippen LogP contribution < -0.4 is 36.2 Å². The van der Waals surface area contributed by atoms with Crippen LogP contribution in [0.25, 0.3) is 44.4 Å². The Kier molecular flexibility index (Phi) is 20.5. The van der Waals surface area contributed by atoms with Gasteiger partial charge in [0.15, 0.2) is 39.7 Å². The molecule has 0 amide bonds. The third-order valence-corrected chi connectivity index (χ3v) is 13.9. The van der Waals surface area contributed by atoms with Crippen LogP contribution in [0, 0.1) is 32.5 Å². The van der Waals surface area contributed by atoms with Crippen LogP contribution >= 0.6 is 36.0 Å². The smallest absolute Gasteiger partial charge is 0.429 e. The molecule has 0 aliphatic rings. The van der Waals surface area contributed by atoms with Crippen molar-refractivity contribution in [2.75, 3.05) is 0 Å². The number of carbonyl (C=O) groups is 6. The minimum atomic E-state index is -0.867. The lowest BCUT2D eigenvalue weighted by Crippen LogP contribution is -2.26. The van der Waals surface area contributed by atoms with Crippen LogP contribution in [0.15, 0.2) is 202 Å². The number of carbonyl (C=O) groups excluding carboxylic acids is 6. The lowest BCUT2D eigenvalue weighted by molar-refractivity contribution is 0.100. The number of aryl methyl sites for hydroxylation is 4. The van der Waals surface area contributed by atoms with Gasteiger partial charge in [-0.1, -0.05) is 89.8 Å². The molecule has 24 heteroatoms. The molecule has 0 fully saturated rings. The minimum absolute atomic E-state index is 0. The second-order valence-electron chi connectivity index (χ2n) is 19.9. The number of ketones is 3. The van der Waals surface area contributed by atoms with E-state index in [2.05, 4.69) is 0 Å². The topological polar surface area (TPSA) is 263 Å². The highest BCUT2D eigenvalue weighted by molar-refractivity contribution is 7.80. The molecule has 0 aliphatic heterocycles. The number of hydrogen-bond donors (Lipinski definition) is 0. The van der Waals surface area contributed by atoms with Gasteiger partial charge in [-0.05, 0) is 194 Å². The van der Waals surface area contributed by atoms with E-state index in [9.17, 15) is 43.2 Å². The molecule has 4 aromatic heterocycles. The van der Waals surface area contributed by atoms with Crippen LogP contribution in [-0.4, -0.2) is 59.1 Å². The molecule has 0 spiro atoms. The average Bonchev–Trinajstić information content (AvgIpc) is 2.11. The van der Waals surface area contributed by atoms with Crippen LogP contribution in [0.4, 0.5) is 14.4 Å². The zero-order valence-corrected chi connectivity index (χ0v) is 51.0. The first-order chi connectivity index (χ1) is 42.9. The van der Waals surface area contributed by atoms with Gasteiger partial charge in [0.1, 0.15) is 34.0 Å². The number of Topliss-reactive ketones (excluding diaryl/α,β-unsaturated/α-hetero) is 3. The van der Waals surface area contributed by atoms with Crippen LogP contribution in [0.5, 0.6) is 23.0 Å². The van der Waals surface area contributed by atoms with Gasteiger partial charge < -0.3 is 36.6 Å². The summed E-state index contributed by atoms with van der Waals surface area (Å²) in [5, 5.41) is 0.355. The molecule has 0 atom stereocenters. The summed E-state index contributed by atoms with van der Waals surface area (Å²) in [4.78, 5) is 107. The summed E-state index contributed by atoms with van der Waals surface area (Å²) in [5.74, 6) is -1.09. The highest BCUT2D eigenvalue weighted by Gasteiger charge is 2.22. The summed E-state index contributed by atoms with van der Waals surface area (Å²) in [6.07, 6.45) is -2.37. The fraction of sp³-hybridized carbons (Fsp3) is 0.119. The number of fused-ring (bicyclic) bond motifs is 4. The van der Waals surface area contributed by atoms with E-state index in [0.717, 1.165) is 40.5 Å². The minimum Gasteiger partial charge on any atom is -0.431 e. The maximum absolute atomic E-state index is 12.4. The Balaban J connectivity index is 0.000000156. The largest absolute Gasteiger partial charge is 0.431 e. The normalized spacial score (nSPS) is 10.6. The number of nitrogens with zero attached hydrogens (tertiary/aromatic N) is 4. The van der Waals surface area contributed by atoms with Gasteiger partial charge in [-0.15, -0.1) is 0 Å². The summed E-state index contributed by atoms with van der Waals surface area (Å²) in [5.41, 5.74) is 8.05. The Hall–Kier alpha value is -11.1. The Morgan fingerprint density at radius 3 is 1.07 bits per heavy atom. The molecule has 0 aliphatic carbocycles. The molecule has 4 heterocycles. The van der Waals surface area contributed by atoms with Crippen molar-refractivity contribution in [3.63, 3.8) is 0 Å². The molecule has 0 unspecified atom stereocenters. The van der Waals surface area contributed by atoms with Gasteiger partial charge >= 0.3 is 35.5 Å². The summed E-state index contributed by atoms with van der Waals surface area (Å²) >= 11 is 16.2. The van der Waals surface area contributed by atoms with E-state index in [-0.39, 0.29) is 62.6 Å². The van der Waals surface area contributed by atoms with Gasteiger partial charge in [-0.3, -0.25) is 14.4 Å². The van der Waals surface area contributed by atoms with E-state index >= 15 is 0 Å². The summed E-state index contributed by atoms with van der Waals surface area (Å²) < 4.78 is 45.7. The number of rotatable bonds is 7. The molecule has 21 nitrogen and oxygen atoms in total. The Morgan fingerprint density at radius 2 is 0.681 bits per heavy atom. The van der Waals surface area contributed by atoms with Gasteiger partial charge in [0, 0.05) is 21.7 Å². The Labute approximate surface area is 531 Å². The average molecular weight is 1290 g/mol. The van der Waals surface area contributed by atoms with Crippen molar-refractivity contribution in [2.45, 2.75) is 55.9 Å². The van der Waals surface area contributed by atoms with Crippen LogP contribution in [0.1, 0.15) is 81.5 Å². The van der Waals surface area contributed by atoms with E-state index in [0.29, 0.717) is 61.3 Å². The molecule has 0 saturated heterocycles. The molecule has 91 heavy (non-hydrogen) atoms. The number of hydrogen-bond acceptors (Lipinski definition) is 19. The number of aromatic nitrogens is 4. The number of ether oxygens (including phenoxy) is 4. The predicted octanol–water partition coefficient (Wildman–Crippen LogP) is 15.2. The molecule has 0 saturated carbocycles. The zero-order chi connectivity index (χ0) is 64.7. The monoisotopic (exact) mass is 1280 g/mol. The summed E-state index contributed by atoms with van der Waals surface area (Å²) in [6, 6.07) is 46.7. The van der Waals surface area contributed by atoms with Crippen molar-refractivity contribution in [3.8, 4) is 23.0 Å². The first-order valence-electron chi connectivity index (χ1n) is 26.9. The van der Waals surface area contributed by atoms with Gasteiger partial charge in [-0.2, -0.15) is 9.13 Å². The van der Waals surface area contributed by atoms with E-state index in [1.54, 1.807) is 109 Å². The van der Waals surface area contributed by atoms with E-state index in [4.69, 9.17) is 72.7 Å². The van der Waals surface area contributed by atoms with Crippen LogP contribution in [-0.2, 0) is 0 Å². The Morgan fingerprint density at radius 1 is 0.374 bits per heavy atom. The van der Waals surface area contributed by atoms with Crippen molar-refractivity contribution in [3.05, 3.63) is 250 Å². The van der Waals surface area contributed by atoms with Crippen molar-refractivity contribution < 1.29 is 65.4 Å². The quantitative estimate of drug-likeness (QED) is 0.106. The molecule has 8 aromatic carbocycles. The highest BCUT2D eigenvalue weighted by atomic mass is 35.5. The molecular weight excluding hydrogens is 1230 g/mol. The summed E-state index contributed by atoms with van der Waals surface area (Å²) in [7, 11) is 0. The molecular formula is C67H53ClN4O17S2. The molecule has 0 N–H and O–H groups in total. The van der Waals surface area contributed by atoms with Crippen molar-refractivity contribution in [1.29, 1.82) is 0 Å². The lowest BCUT2D eigenvalue weighted by atomic mass is 10.1. The molecule has 12 rings (SSSR count). The van der Waals surface area contributed by atoms with E-state index < -0.39 is 35.5 Å². The molecule has 0 bridgehead atoms. The first-order valence-corrected chi connectivity index (χ1v) is 28.1. The van der Waals surface area contributed by atoms with E-state index in [1.165, 1.54) is 57.2 Å². The van der Waals surface area contributed by atoms with E-state index in [1.807, 2.05) is 52.0 Å². The SMILES string of the molecule is C.CC(=O)c1ccc2c(c1)oc(=O)n2C(=O)Oc1ccc(C)cc1.CC(=O)c1ccc2c(c1)oc(=O)n2C(=S)Oc1ccc(C)cc1.CC(=O)c1ccc2c(c1)oc(=S)n2C(=O)Oc1ccc(C)cc1.Cc1ccc(OC(=O)n2c(=O)oc3ccc(Cl)cc32)cc1. The van der Waals surface area contributed by atoms with Crippen molar-refractivity contribution in [1.82, 2.24) is 18.3 Å². The maximum atomic E-state index is 12.4. The first kappa shape index (κ1) is 65.8. The Bertz CT molecular complexity index is 4660. The number of thiocarbonyl (C=S) groups is 1. The third-order valence-electron chi connectivity index (χ3n) is 13.1. The molecule has 462 valence electrons.